The molecule has 0 aromatic rings. The minimum atomic E-state index is 0. The molecule has 4 nitrogen and oxygen atoms in total. The highest BCUT2D eigenvalue weighted by Crippen LogP contribution is 2.21. The third-order valence-electron chi connectivity index (χ3n) is 5.16. The number of halogens is 2. The van der Waals surface area contributed by atoms with E-state index in [1.807, 2.05) is 0 Å². The summed E-state index contributed by atoms with van der Waals surface area (Å²) in [6.07, 6.45) is 5.58. The first-order chi connectivity index (χ1) is 10.1. The number of nitrogens with zero attached hydrogens (tertiary/aromatic N) is 1. The minimum Gasteiger partial charge on any atom is -0.354 e. The van der Waals surface area contributed by atoms with Gasteiger partial charge in [-0.3, -0.25) is 9.69 Å². The molecule has 2 atom stereocenters. The third kappa shape index (κ3) is 7.59. The molecule has 2 saturated heterocycles. The fourth-order valence-electron chi connectivity index (χ4n) is 3.59. The molecule has 2 heterocycles. The van der Waals surface area contributed by atoms with Crippen LogP contribution >= 0.6 is 24.8 Å². The Morgan fingerprint density at radius 1 is 1.22 bits per heavy atom. The van der Waals surface area contributed by atoms with E-state index in [1.54, 1.807) is 0 Å². The molecule has 138 valence electrons. The van der Waals surface area contributed by atoms with Gasteiger partial charge in [-0.05, 0) is 57.2 Å². The average Bonchev–Trinajstić information content (AvgIpc) is 2.93. The molecule has 6 heteroatoms. The fraction of sp³-hybridized carbons (Fsp3) is 0.941. The van der Waals surface area contributed by atoms with Crippen LogP contribution in [0.1, 0.15) is 52.9 Å². The second kappa shape index (κ2) is 11.5. The van der Waals surface area contributed by atoms with Gasteiger partial charge in [0.05, 0.1) is 0 Å². The number of likely N-dealkylation sites (tertiary alicyclic amines) is 1. The van der Waals surface area contributed by atoms with E-state index in [9.17, 15) is 4.79 Å². The topological polar surface area (TPSA) is 44.4 Å². The molecule has 2 aliphatic heterocycles. The van der Waals surface area contributed by atoms with Crippen molar-refractivity contribution in [3.63, 3.8) is 0 Å². The number of carbonyl (C=O) groups excluding carboxylic acids is 1. The van der Waals surface area contributed by atoms with Gasteiger partial charge in [0.15, 0.2) is 0 Å². The summed E-state index contributed by atoms with van der Waals surface area (Å²) in [5, 5.41) is 6.57. The van der Waals surface area contributed by atoms with Gasteiger partial charge < -0.3 is 10.6 Å². The molecule has 2 unspecified atom stereocenters. The standard InChI is InChI=1S/C17H33N3O.2ClH/c1-13(2)16(20-9-6-14(3)7-10-20)12-19-17(21)11-15-5-4-8-18-15;;/h13-16,18H,4-12H2,1-3H3,(H,19,21);2*1H. The van der Waals surface area contributed by atoms with Crippen LogP contribution in [0, 0.1) is 11.8 Å². The van der Waals surface area contributed by atoms with Gasteiger partial charge in [0.25, 0.3) is 0 Å². The molecule has 0 aliphatic carbocycles. The van der Waals surface area contributed by atoms with E-state index >= 15 is 0 Å². The van der Waals surface area contributed by atoms with Crippen molar-refractivity contribution in [3.8, 4) is 0 Å². The normalized spacial score (nSPS) is 23.9. The molecule has 0 radical (unpaired) electrons. The number of hydrogen-bond acceptors (Lipinski definition) is 3. The van der Waals surface area contributed by atoms with Gasteiger partial charge >= 0.3 is 0 Å². The van der Waals surface area contributed by atoms with Crippen molar-refractivity contribution < 1.29 is 4.79 Å². The third-order valence-corrected chi connectivity index (χ3v) is 5.16. The van der Waals surface area contributed by atoms with E-state index in [-0.39, 0.29) is 30.7 Å². The van der Waals surface area contributed by atoms with Crippen molar-refractivity contribution in [2.45, 2.75) is 65.0 Å². The number of amides is 1. The Balaban J connectivity index is 0.00000242. The van der Waals surface area contributed by atoms with Crippen molar-refractivity contribution in [1.29, 1.82) is 0 Å². The fourth-order valence-corrected chi connectivity index (χ4v) is 3.59. The van der Waals surface area contributed by atoms with E-state index in [2.05, 4.69) is 36.3 Å². The Morgan fingerprint density at radius 3 is 2.39 bits per heavy atom. The summed E-state index contributed by atoms with van der Waals surface area (Å²) in [7, 11) is 0. The Morgan fingerprint density at radius 2 is 1.87 bits per heavy atom. The maximum absolute atomic E-state index is 12.1. The Hall–Kier alpha value is -0.0300. The van der Waals surface area contributed by atoms with Gasteiger partial charge in [0.2, 0.25) is 5.91 Å². The second-order valence-electron chi connectivity index (χ2n) is 7.33. The van der Waals surface area contributed by atoms with E-state index in [0.717, 1.165) is 25.4 Å². The molecule has 0 aromatic carbocycles. The van der Waals surface area contributed by atoms with Crippen molar-refractivity contribution in [2.24, 2.45) is 11.8 Å². The van der Waals surface area contributed by atoms with E-state index in [0.29, 0.717) is 24.4 Å². The molecule has 2 fully saturated rings. The average molecular weight is 368 g/mol. The van der Waals surface area contributed by atoms with Gasteiger partial charge in [0, 0.05) is 25.0 Å². The number of piperidine rings is 1. The SMILES string of the molecule is CC1CCN(C(CNC(=O)CC2CCCN2)C(C)C)CC1.Cl.Cl. The largest absolute Gasteiger partial charge is 0.354 e. The summed E-state index contributed by atoms with van der Waals surface area (Å²) in [5.74, 6) is 1.66. The lowest BCUT2D eigenvalue weighted by molar-refractivity contribution is -0.121. The van der Waals surface area contributed by atoms with Crippen molar-refractivity contribution in [3.05, 3.63) is 0 Å². The van der Waals surface area contributed by atoms with Crippen LogP contribution < -0.4 is 10.6 Å². The van der Waals surface area contributed by atoms with Crippen molar-refractivity contribution in [2.75, 3.05) is 26.2 Å². The molecule has 2 rings (SSSR count). The summed E-state index contributed by atoms with van der Waals surface area (Å²) in [4.78, 5) is 14.7. The smallest absolute Gasteiger partial charge is 0.221 e. The Bertz CT molecular complexity index is 328. The van der Waals surface area contributed by atoms with Gasteiger partial charge in [-0.15, -0.1) is 24.8 Å². The zero-order valence-corrected chi connectivity index (χ0v) is 16.5. The molecule has 23 heavy (non-hydrogen) atoms. The zero-order chi connectivity index (χ0) is 15.2. The van der Waals surface area contributed by atoms with Crippen LogP contribution in [0.5, 0.6) is 0 Å². The first kappa shape index (κ1) is 23.0. The number of hydrogen-bond donors (Lipinski definition) is 2. The Labute approximate surface area is 154 Å². The lowest BCUT2D eigenvalue weighted by Crippen LogP contribution is -2.50. The maximum Gasteiger partial charge on any atom is 0.221 e. The van der Waals surface area contributed by atoms with Gasteiger partial charge in [-0.1, -0.05) is 20.8 Å². The number of carbonyl (C=O) groups is 1. The monoisotopic (exact) mass is 367 g/mol. The summed E-state index contributed by atoms with van der Waals surface area (Å²) in [5.41, 5.74) is 0. The molecule has 2 aliphatic rings. The van der Waals surface area contributed by atoms with Crippen LogP contribution in [0.4, 0.5) is 0 Å². The van der Waals surface area contributed by atoms with Crippen LogP contribution in [0.2, 0.25) is 0 Å². The first-order valence-corrected chi connectivity index (χ1v) is 8.80. The van der Waals surface area contributed by atoms with Crippen molar-refractivity contribution >= 4 is 30.7 Å². The molecular formula is C17H35Cl2N3O. The molecule has 1 amide bonds. The molecule has 2 N–H and O–H groups in total. The van der Waals surface area contributed by atoms with Crippen LogP contribution in [0.25, 0.3) is 0 Å². The van der Waals surface area contributed by atoms with E-state index in [4.69, 9.17) is 0 Å². The predicted octanol–water partition coefficient (Wildman–Crippen LogP) is 2.84. The van der Waals surface area contributed by atoms with Crippen molar-refractivity contribution in [1.82, 2.24) is 15.5 Å². The van der Waals surface area contributed by atoms with E-state index < -0.39 is 0 Å². The highest BCUT2D eigenvalue weighted by Gasteiger charge is 2.26. The quantitative estimate of drug-likeness (QED) is 0.758. The van der Waals surface area contributed by atoms with Crippen LogP contribution in [-0.2, 0) is 4.79 Å². The van der Waals surface area contributed by atoms with Crippen LogP contribution in [0.15, 0.2) is 0 Å². The lowest BCUT2D eigenvalue weighted by atomic mass is 9.94. The molecule has 0 aromatic heterocycles. The highest BCUT2D eigenvalue weighted by molar-refractivity contribution is 5.85. The predicted molar refractivity (Wildman–Crippen MR) is 102 cm³/mol. The second-order valence-corrected chi connectivity index (χ2v) is 7.33. The molecule has 0 saturated carbocycles. The summed E-state index contributed by atoms with van der Waals surface area (Å²) in [6, 6.07) is 0.885. The summed E-state index contributed by atoms with van der Waals surface area (Å²) in [6.45, 7) is 11.1. The zero-order valence-electron chi connectivity index (χ0n) is 14.8. The first-order valence-electron chi connectivity index (χ1n) is 8.80. The van der Waals surface area contributed by atoms with Crippen LogP contribution in [-0.4, -0.2) is 49.1 Å². The van der Waals surface area contributed by atoms with Gasteiger partial charge in [0.1, 0.15) is 0 Å². The molecule has 0 spiro atoms. The van der Waals surface area contributed by atoms with Crippen LogP contribution in [0.3, 0.4) is 0 Å². The van der Waals surface area contributed by atoms with E-state index in [1.165, 1.54) is 32.4 Å². The number of rotatable bonds is 6. The lowest BCUT2D eigenvalue weighted by Gasteiger charge is -2.39. The summed E-state index contributed by atoms with van der Waals surface area (Å²) >= 11 is 0. The summed E-state index contributed by atoms with van der Waals surface area (Å²) < 4.78 is 0. The maximum atomic E-state index is 12.1. The molecule has 0 bridgehead atoms. The minimum absolute atomic E-state index is 0. The van der Waals surface area contributed by atoms with Gasteiger partial charge in [-0.2, -0.15) is 0 Å². The number of nitrogens with one attached hydrogen (secondary N) is 2. The Kier molecular flexibility index (Phi) is 11.5. The van der Waals surface area contributed by atoms with Gasteiger partial charge in [-0.25, -0.2) is 0 Å². The highest BCUT2D eigenvalue weighted by atomic mass is 35.5. The molecular weight excluding hydrogens is 333 g/mol.